The molecule has 1 aromatic heterocycles. The van der Waals surface area contributed by atoms with E-state index in [1.807, 2.05) is 37.3 Å². The SMILES string of the molecule is COC(=O)c1ccc(CS(=O)(=O)n2ncc3cc(-c4cc(C(=O)NC5CC5)ccc4C)ccc32)cc1. The standard InChI is InChI=1S/C27H25N3O5S/c1-17-3-6-21(26(31)29-23-10-11-23)14-24(17)20-9-12-25-22(13-20)15-28-30(25)36(33,34)16-18-4-7-19(8-5-18)27(32)35-2/h3-9,12-15,23H,10-11,16H2,1-2H3,(H,29,31). The van der Waals surface area contributed by atoms with Crippen LogP contribution < -0.4 is 5.32 Å². The topological polar surface area (TPSA) is 107 Å². The van der Waals surface area contributed by atoms with Crippen molar-refractivity contribution in [2.75, 3.05) is 7.11 Å². The Morgan fingerprint density at radius 3 is 2.44 bits per heavy atom. The molecule has 3 aromatic carbocycles. The van der Waals surface area contributed by atoms with E-state index in [-0.39, 0.29) is 17.7 Å². The fourth-order valence-electron chi connectivity index (χ4n) is 4.10. The molecule has 0 aliphatic heterocycles. The van der Waals surface area contributed by atoms with Crippen molar-refractivity contribution in [3.8, 4) is 11.1 Å². The quantitative estimate of drug-likeness (QED) is 0.381. The number of fused-ring (bicyclic) bond motifs is 1. The van der Waals surface area contributed by atoms with Gasteiger partial charge >= 0.3 is 5.97 Å². The van der Waals surface area contributed by atoms with Crippen molar-refractivity contribution in [3.05, 3.63) is 89.1 Å². The molecule has 9 heteroatoms. The third kappa shape index (κ3) is 4.74. The first-order valence-electron chi connectivity index (χ1n) is 11.6. The number of nitrogens with zero attached hydrogens (tertiary/aromatic N) is 2. The first kappa shape index (κ1) is 23.7. The summed E-state index contributed by atoms with van der Waals surface area (Å²) in [5, 5.41) is 7.83. The van der Waals surface area contributed by atoms with Crippen LogP contribution in [0.4, 0.5) is 0 Å². The normalized spacial score (nSPS) is 13.5. The van der Waals surface area contributed by atoms with Crippen LogP contribution in [0.5, 0.6) is 0 Å². The van der Waals surface area contributed by atoms with Crippen molar-refractivity contribution in [3.63, 3.8) is 0 Å². The van der Waals surface area contributed by atoms with E-state index in [1.165, 1.54) is 25.4 Å². The summed E-state index contributed by atoms with van der Waals surface area (Å²) in [6.07, 6.45) is 3.56. The summed E-state index contributed by atoms with van der Waals surface area (Å²) >= 11 is 0. The van der Waals surface area contributed by atoms with Gasteiger partial charge in [0.05, 0.1) is 30.1 Å². The molecule has 0 saturated heterocycles. The molecule has 0 bridgehead atoms. The molecule has 8 nitrogen and oxygen atoms in total. The first-order valence-corrected chi connectivity index (χ1v) is 13.2. The van der Waals surface area contributed by atoms with E-state index in [9.17, 15) is 18.0 Å². The number of carbonyl (C=O) groups is 2. The number of ether oxygens (including phenoxy) is 1. The predicted octanol–water partition coefficient (Wildman–Crippen LogP) is 4.07. The second kappa shape index (κ2) is 9.23. The van der Waals surface area contributed by atoms with Crippen LogP contribution in [0, 0.1) is 6.92 Å². The number of benzene rings is 3. The van der Waals surface area contributed by atoms with E-state index in [0.29, 0.717) is 27.6 Å². The van der Waals surface area contributed by atoms with Gasteiger partial charge in [0.15, 0.2) is 0 Å². The molecule has 4 aromatic rings. The molecule has 1 saturated carbocycles. The summed E-state index contributed by atoms with van der Waals surface area (Å²) < 4.78 is 32.0. The molecular weight excluding hydrogens is 478 g/mol. The summed E-state index contributed by atoms with van der Waals surface area (Å²) in [6, 6.07) is 17.6. The van der Waals surface area contributed by atoms with Crippen LogP contribution in [0.15, 0.2) is 66.9 Å². The highest BCUT2D eigenvalue weighted by Gasteiger charge is 2.24. The van der Waals surface area contributed by atoms with Crippen molar-refractivity contribution in [2.45, 2.75) is 31.6 Å². The molecule has 1 amide bonds. The molecule has 1 aliphatic rings. The van der Waals surface area contributed by atoms with E-state index < -0.39 is 16.0 Å². The Balaban J connectivity index is 1.42. The molecule has 1 heterocycles. The van der Waals surface area contributed by atoms with E-state index in [4.69, 9.17) is 0 Å². The van der Waals surface area contributed by atoms with Gasteiger partial charge in [0.25, 0.3) is 15.9 Å². The maximum absolute atomic E-state index is 13.1. The van der Waals surface area contributed by atoms with Crippen molar-refractivity contribution in [2.24, 2.45) is 0 Å². The van der Waals surface area contributed by atoms with E-state index in [1.54, 1.807) is 18.2 Å². The predicted molar refractivity (Wildman–Crippen MR) is 136 cm³/mol. The average molecular weight is 504 g/mol. The van der Waals surface area contributed by atoms with Gasteiger partial charge < -0.3 is 10.1 Å². The zero-order valence-corrected chi connectivity index (χ0v) is 20.7. The number of methoxy groups -OCH3 is 1. The van der Waals surface area contributed by atoms with Crippen molar-refractivity contribution < 1.29 is 22.7 Å². The maximum Gasteiger partial charge on any atom is 0.337 e. The zero-order valence-electron chi connectivity index (χ0n) is 19.9. The Kier molecular flexibility index (Phi) is 6.09. The van der Waals surface area contributed by atoms with E-state index >= 15 is 0 Å². The number of hydrogen-bond donors (Lipinski definition) is 1. The highest BCUT2D eigenvalue weighted by Crippen LogP contribution is 2.29. The van der Waals surface area contributed by atoms with Crippen molar-refractivity contribution >= 4 is 32.8 Å². The number of hydrogen-bond acceptors (Lipinski definition) is 6. The van der Waals surface area contributed by atoms with Gasteiger partial charge in [-0.2, -0.15) is 9.19 Å². The molecular formula is C27H25N3O5S. The van der Waals surface area contributed by atoms with Crippen molar-refractivity contribution in [1.29, 1.82) is 0 Å². The third-order valence-corrected chi connectivity index (χ3v) is 7.76. The van der Waals surface area contributed by atoms with Crippen LogP contribution in [0.2, 0.25) is 0 Å². The zero-order chi connectivity index (χ0) is 25.4. The van der Waals surface area contributed by atoms with Crippen LogP contribution >= 0.6 is 0 Å². The molecule has 0 unspecified atom stereocenters. The average Bonchev–Trinajstić information content (AvgIpc) is 3.57. The van der Waals surface area contributed by atoms with Crippen LogP contribution in [0.3, 0.4) is 0 Å². The first-order chi connectivity index (χ1) is 17.2. The molecule has 0 atom stereocenters. The van der Waals surface area contributed by atoms with Gasteiger partial charge in [-0.15, -0.1) is 0 Å². The Morgan fingerprint density at radius 1 is 1.03 bits per heavy atom. The van der Waals surface area contributed by atoms with Gasteiger partial charge in [-0.25, -0.2) is 13.2 Å². The lowest BCUT2D eigenvalue weighted by Crippen LogP contribution is -2.25. The summed E-state index contributed by atoms with van der Waals surface area (Å²) in [5.74, 6) is -0.842. The maximum atomic E-state index is 13.1. The lowest BCUT2D eigenvalue weighted by atomic mass is 9.97. The molecule has 1 N–H and O–H groups in total. The number of amides is 1. The van der Waals surface area contributed by atoms with Gasteiger partial charge in [0.2, 0.25) is 0 Å². The highest BCUT2D eigenvalue weighted by atomic mass is 32.2. The number of aryl methyl sites for hydroxylation is 1. The fourth-order valence-corrected chi connectivity index (χ4v) is 5.49. The summed E-state index contributed by atoms with van der Waals surface area (Å²) in [7, 11) is -2.52. The summed E-state index contributed by atoms with van der Waals surface area (Å²) in [4.78, 5) is 24.1. The second-order valence-electron chi connectivity index (χ2n) is 8.98. The van der Waals surface area contributed by atoms with Crippen LogP contribution in [0.25, 0.3) is 22.0 Å². The largest absolute Gasteiger partial charge is 0.465 e. The van der Waals surface area contributed by atoms with Gasteiger partial charge in [0.1, 0.15) is 0 Å². The molecule has 1 aliphatic carbocycles. The lowest BCUT2D eigenvalue weighted by Gasteiger charge is -2.11. The van der Waals surface area contributed by atoms with Crippen LogP contribution in [-0.2, 0) is 20.5 Å². The second-order valence-corrected chi connectivity index (χ2v) is 10.8. The minimum Gasteiger partial charge on any atom is -0.465 e. The van der Waals surface area contributed by atoms with Crippen LogP contribution in [-0.4, -0.2) is 42.6 Å². The Bertz CT molecular complexity index is 1590. The molecule has 36 heavy (non-hydrogen) atoms. The fraction of sp³-hybridized carbons (Fsp3) is 0.222. The number of carbonyl (C=O) groups excluding carboxylic acids is 2. The van der Waals surface area contributed by atoms with Gasteiger partial charge in [-0.05, 0) is 78.4 Å². The van der Waals surface area contributed by atoms with Gasteiger partial charge in [-0.3, -0.25) is 4.79 Å². The Morgan fingerprint density at radius 2 is 1.75 bits per heavy atom. The summed E-state index contributed by atoms with van der Waals surface area (Å²) in [5.41, 5.74) is 4.72. The Labute approximate surface area is 208 Å². The molecule has 5 rings (SSSR count). The number of nitrogens with one attached hydrogen (secondary N) is 1. The van der Waals surface area contributed by atoms with Gasteiger partial charge in [-0.1, -0.05) is 24.3 Å². The lowest BCUT2D eigenvalue weighted by molar-refractivity contribution is 0.0600. The highest BCUT2D eigenvalue weighted by molar-refractivity contribution is 7.89. The number of esters is 1. The Hall–Kier alpha value is -3.98. The van der Waals surface area contributed by atoms with E-state index in [2.05, 4.69) is 15.2 Å². The molecule has 184 valence electrons. The number of rotatable bonds is 7. The number of aromatic nitrogens is 2. The molecule has 0 radical (unpaired) electrons. The molecule has 1 fully saturated rings. The minimum absolute atomic E-state index is 0.0849. The van der Waals surface area contributed by atoms with Gasteiger partial charge in [0, 0.05) is 17.0 Å². The monoisotopic (exact) mass is 503 g/mol. The minimum atomic E-state index is -3.81. The van der Waals surface area contributed by atoms with Crippen LogP contribution in [0.1, 0.15) is 44.7 Å². The summed E-state index contributed by atoms with van der Waals surface area (Å²) in [6.45, 7) is 1.97. The smallest absolute Gasteiger partial charge is 0.337 e. The third-order valence-electron chi connectivity index (χ3n) is 6.25. The van der Waals surface area contributed by atoms with Crippen molar-refractivity contribution in [1.82, 2.24) is 14.5 Å². The van der Waals surface area contributed by atoms with E-state index in [0.717, 1.165) is 33.6 Å². The molecule has 0 spiro atoms.